The average Bonchev–Trinajstić information content (AvgIpc) is 1.91. The van der Waals surface area contributed by atoms with Gasteiger partial charge in [-0.2, -0.15) is 0 Å². The van der Waals surface area contributed by atoms with Crippen LogP contribution in [0.15, 0.2) is 31.4 Å². The van der Waals surface area contributed by atoms with Crippen LogP contribution in [0.2, 0.25) is 0 Å². The lowest BCUT2D eigenvalue weighted by Crippen LogP contribution is -1.47. The molecule has 1 heteroatoms. The molecule has 0 amide bonds. The lowest BCUT2D eigenvalue weighted by Gasteiger charge is -1.55. The van der Waals surface area contributed by atoms with Gasteiger partial charge in [-0.05, 0) is 12.5 Å². The molecular formula is C8H12O. The quantitative estimate of drug-likeness (QED) is 0.407. The van der Waals surface area contributed by atoms with E-state index in [1.54, 1.807) is 18.1 Å². The smallest absolute Gasteiger partial charge is 0.120 e. The summed E-state index contributed by atoms with van der Waals surface area (Å²) in [5.41, 5.74) is 0. The van der Waals surface area contributed by atoms with Crippen molar-refractivity contribution in [1.82, 2.24) is 0 Å². The molecule has 0 unspecified atom stereocenters. The fraction of sp³-hybridized carbons (Fsp3) is 0.250. The van der Waals surface area contributed by atoms with Crippen LogP contribution in [0.5, 0.6) is 0 Å². The summed E-state index contributed by atoms with van der Waals surface area (Å²) in [6.45, 7) is 8.62. The van der Waals surface area contributed by atoms with E-state index in [4.69, 9.17) is 0 Å². The van der Waals surface area contributed by atoms with Crippen LogP contribution in [0.25, 0.3) is 0 Å². The summed E-state index contributed by atoms with van der Waals surface area (Å²) < 4.78 is 0. The van der Waals surface area contributed by atoms with Crippen LogP contribution in [0.1, 0.15) is 13.3 Å². The highest BCUT2D eigenvalue weighted by molar-refractivity contribution is 5.44. The molecule has 0 aliphatic heterocycles. The van der Waals surface area contributed by atoms with E-state index in [2.05, 4.69) is 13.2 Å². The first-order valence-electron chi connectivity index (χ1n) is 2.76. The van der Waals surface area contributed by atoms with E-state index >= 15 is 0 Å². The highest BCUT2D eigenvalue weighted by Gasteiger charge is 1.53. The third-order valence-corrected chi connectivity index (χ3v) is 0.454. The van der Waals surface area contributed by atoms with Gasteiger partial charge in [0.25, 0.3) is 0 Å². The second kappa shape index (κ2) is 15.8. The Morgan fingerprint density at radius 3 is 1.89 bits per heavy atom. The molecule has 0 atom stereocenters. The van der Waals surface area contributed by atoms with Gasteiger partial charge in [0, 0.05) is 0 Å². The summed E-state index contributed by atoms with van der Waals surface area (Å²) in [6, 6.07) is 0. The van der Waals surface area contributed by atoms with Gasteiger partial charge in [0.1, 0.15) is 5.94 Å². The molecule has 0 aromatic carbocycles. The predicted octanol–water partition coefficient (Wildman–Crippen LogP) is 2.14. The summed E-state index contributed by atoms with van der Waals surface area (Å²) >= 11 is 0. The van der Waals surface area contributed by atoms with Crippen molar-refractivity contribution in [1.29, 1.82) is 0 Å². The summed E-state index contributed by atoms with van der Waals surface area (Å²) in [4.78, 5) is 9.22. The van der Waals surface area contributed by atoms with Gasteiger partial charge in [-0.15, -0.1) is 0 Å². The van der Waals surface area contributed by atoms with Crippen LogP contribution in [-0.4, -0.2) is 5.94 Å². The molecule has 0 saturated heterocycles. The number of hydrogen-bond acceptors (Lipinski definition) is 1. The first-order chi connectivity index (χ1) is 4.33. The van der Waals surface area contributed by atoms with E-state index in [0.29, 0.717) is 0 Å². The van der Waals surface area contributed by atoms with Gasteiger partial charge in [-0.3, -0.25) is 0 Å². The van der Waals surface area contributed by atoms with Crippen molar-refractivity contribution in [2.45, 2.75) is 13.3 Å². The van der Waals surface area contributed by atoms with Gasteiger partial charge in [0.05, 0.1) is 0 Å². The van der Waals surface area contributed by atoms with Crippen molar-refractivity contribution >= 4 is 5.94 Å². The normalized spacial score (nSPS) is 5.44. The topological polar surface area (TPSA) is 17.1 Å². The second-order valence-corrected chi connectivity index (χ2v) is 1.20. The summed E-state index contributed by atoms with van der Waals surface area (Å²) in [7, 11) is 0. The average molecular weight is 124 g/mol. The van der Waals surface area contributed by atoms with Crippen LogP contribution >= 0.6 is 0 Å². The summed E-state index contributed by atoms with van der Waals surface area (Å²) in [5, 5.41) is 0. The van der Waals surface area contributed by atoms with Crippen LogP contribution in [0, 0.1) is 0 Å². The molecule has 0 heterocycles. The van der Waals surface area contributed by atoms with Crippen LogP contribution in [0.4, 0.5) is 0 Å². The Bertz CT molecular complexity index is 102. The Morgan fingerprint density at radius 1 is 1.44 bits per heavy atom. The van der Waals surface area contributed by atoms with Crippen LogP contribution in [-0.2, 0) is 4.79 Å². The molecule has 50 valence electrons. The molecular weight excluding hydrogens is 112 g/mol. The SMILES string of the molecule is C=CC=C.CCC=C=O. The maximum atomic E-state index is 9.22. The van der Waals surface area contributed by atoms with Gasteiger partial charge in [0.15, 0.2) is 0 Å². The van der Waals surface area contributed by atoms with E-state index < -0.39 is 0 Å². The van der Waals surface area contributed by atoms with E-state index in [-0.39, 0.29) is 0 Å². The summed E-state index contributed by atoms with van der Waals surface area (Å²) in [6.07, 6.45) is 5.52. The van der Waals surface area contributed by atoms with Gasteiger partial charge >= 0.3 is 0 Å². The fourth-order valence-electron chi connectivity index (χ4n) is 0.0833. The third-order valence-electron chi connectivity index (χ3n) is 0.454. The second-order valence-electron chi connectivity index (χ2n) is 1.20. The van der Waals surface area contributed by atoms with E-state index in [1.807, 2.05) is 6.92 Å². The molecule has 0 radical (unpaired) electrons. The molecule has 0 aromatic heterocycles. The van der Waals surface area contributed by atoms with Crippen molar-refractivity contribution in [2.24, 2.45) is 0 Å². The molecule has 0 aliphatic carbocycles. The number of rotatable bonds is 2. The van der Waals surface area contributed by atoms with Gasteiger partial charge in [-0.25, -0.2) is 4.79 Å². The molecule has 9 heavy (non-hydrogen) atoms. The van der Waals surface area contributed by atoms with Crippen molar-refractivity contribution in [2.75, 3.05) is 0 Å². The maximum absolute atomic E-state index is 9.22. The Labute approximate surface area is 56.4 Å². The Kier molecular flexibility index (Phi) is 19.0. The molecule has 0 saturated carbocycles. The molecule has 0 aromatic rings. The number of allylic oxidation sites excluding steroid dienone is 3. The minimum absolute atomic E-state index is 0.795. The summed E-state index contributed by atoms with van der Waals surface area (Å²) in [5.74, 6) is 1.64. The van der Waals surface area contributed by atoms with Crippen LogP contribution < -0.4 is 0 Å². The lowest BCUT2D eigenvalue weighted by molar-refractivity contribution is 0.568. The molecule has 0 aliphatic rings. The van der Waals surface area contributed by atoms with Gasteiger partial charge in [0.2, 0.25) is 0 Å². The largest absolute Gasteiger partial charge is 0.234 e. The van der Waals surface area contributed by atoms with Crippen LogP contribution in [0.3, 0.4) is 0 Å². The van der Waals surface area contributed by atoms with Crippen molar-refractivity contribution < 1.29 is 4.79 Å². The minimum atomic E-state index is 0.795. The zero-order valence-electron chi connectivity index (χ0n) is 5.76. The highest BCUT2D eigenvalue weighted by Crippen LogP contribution is 1.65. The first kappa shape index (κ1) is 10.8. The maximum Gasteiger partial charge on any atom is 0.120 e. The minimum Gasteiger partial charge on any atom is -0.234 e. The molecule has 0 fully saturated rings. The fourth-order valence-corrected chi connectivity index (χ4v) is 0.0833. The first-order valence-corrected chi connectivity index (χ1v) is 2.76. The zero-order valence-corrected chi connectivity index (χ0v) is 5.76. The highest BCUT2D eigenvalue weighted by atomic mass is 16.1. The molecule has 0 N–H and O–H groups in total. The Balaban J connectivity index is 0. The molecule has 1 nitrogen and oxygen atoms in total. The van der Waals surface area contributed by atoms with E-state index in [0.717, 1.165) is 6.42 Å². The van der Waals surface area contributed by atoms with E-state index in [9.17, 15) is 4.79 Å². The molecule has 0 spiro atoms. The molecule has 0 rings (SSSR count). The lowest BCUT2D eigenvalue weighted by atomic mass is 10.5. The monoisotopic (exact) mass is 124 g/mol. The van der Waals surface area contributed by atoms with E-state index in [1.165, 1.54) is 6.08 Å². The third kappa shape index (κ3) is 45.2. The Hall–Kier alpha value is -1.07. The zero-order chi connectivity index (χ0) is 7.54. The van der Waals surface area contributed by atoms with Gasteiger partial charge < -0.3 is 0 Å². The number of carbonyl (C=O) groups excluding carboxylic acids is 1. The van der Waals surface area contributed by atoms with Crippen molar-refractivity contribution in [3.05, 3.63) is 31.4 Å². The predicted molar refractivity (Wildman–Crippen MR) is 40.9 cm³/mol. The van der Waals surface area contributed by atoms with Crippen molar-refractivity contribution in [3.8, 4) is 0 Å². The Morgan fingerprint density at radius 2 is 1.89 bits per heavy atom. The van der Waals surface area contributed by atoms with Gasteiger partial charge in [-0.1, -0.05) is 32.2 Å². The van der Waals surface area contributed by atoms with Crippen molar-refractivity contribution in [3.63, 3.8) is 0 Å². The standard InChI is InChI=1S/C4H6O.C4H6/c1-2-3-4-5;1-3-4-2/h3H,2H2,1H3;3-4H,1-2H2. The molecule has 0 bridgehead atoms. The number of hydrogen-bond donors (Lipinski definition) is 0.